The van der Waals surface area contributed by atoms with Crippen molar-refractivity contribution in [3.63, 3.8) is 0 Å². The first-order chi connectivity index (χ1) is 18.7. The van der Waals surface area contributed by atoms with E-state index in [1.165, 1.54) is 51.7 Å². The first-order valence-electron chi connectivity index (χ1n) is 11.6. The molecule has 1 unspecified atom stereocenters. The SMILES string of the molecule is CCOc1cc(C2/C(=C(\O)c3cc(OC)c(Cl)cc3OC)C(=O)C(=O)N2c2cc(F)ccc2F)ccc1OC. The van der Waals surface area contributed by atoms with Gasteiger partial charge in [0.1, 0.15) is 28.9 Å². The molecular weight excluding hydrogens is 536 g/mol. The molecule has 1 atom stereocenters. The summed E-state index contributed by atoms with van der Waals surface area (Å²) >= 11 is 6.20. The number of Topliss-reactive ketones (excluding diaryl/α,β-unsaturated/α-hetero) is 1. The second kappa shape index (κ2) is 11.2. The molecular formula is C28H24ClF2NO7. The maximum Gasteiger partial charge on any atom is 0.300 e. The van der Waals surface area contributed by atoms with E-state index in [4.69, 9.17) is 30.5 Å². The molecule has 39 heavy (non-hydrogen) atoms. The molecule has 0 aliphatic carbocycles. The van der Waals surface area contributed by atoms with Crippen molar-refractivity contribution < 1.29 is 42.4 Å². The average molecular weight is 560 g/mol. The van der Waals surface area contributed by atoms with E-state index >= 15 is 0 Å². The van der Waals surface area contributed by atoms with Crippen molar-refractivity contribution >= 4 is 34.7 Å². The summed E-state index contributed by atoms with van der Waals surface area (Å²) < 4.78 is 50.8. The zero-order valence-corrected chi connectivity index (χ0v) is 22.1. The fraction of sp³-hybridized carbons (Fsp3) is 0.214. The van der Waals surface area contributed by atoms with Gasteiger partial charge in [0.25, 0.3) is 11.7 Å². The molecule has 1 N–H and O–H groups in total. The van der Waals surface area contributed by atoms with Gasteiger partial charge in [-0.3, -0.25) is 14.5 Å². The summed E-state index contributed by atoms with van der Waals surface area (Å²) in [7, 11) is 4.12. The Labute approximate surface area is 227 Å². The fourth-order valence-corrected chi connectivity index (χ4v) is 4.62. The number of aliphatic hydroxyl groups is 1. The van der Waals surface area contributed by atoms with Gasteiger partial charge < -0.3 is 24.1 Å². The van der Waals surface area contributed by atoms with Gasteiger partial charge in [0.2, 0.25) is 0 Å². The molecule has 1 amide bonds. The lowest BCUT2D eigenvalue weighted by Gasteiger charge is -2.26. The molecule has 1 fully saturated rings. The number of aliphatic hydroxyl groups excluding tert-OH is 1. The third kappa shape index (κ3) is 4.95. The maximum atomic E-state index is 15.0. The van der Waals surface area contributed by atoms with Crippen LogP contribution in [0.1, 0.15) is 24.1 Å². The molecule has 0 spiro atoms. The van der Waals surface area contributed by atoms with Gasteiger partial charge in [-0.15, -0.1) is 0 Å². The van der Waals surface area contributed by atoms with Crippen LogP contribution in [-0.2, 0) is 9.59 Å². The summed E-state index contributed by atoms with van der Waals surface area (Å²) in [6, 6.07) is 8.39. The van der Waals surface area contributed by atoms with Crippen LogP contribution in [0.2, 0.25) is 5.02 Å². The van der Waals surface area contributed by atoms with Gasteiger partial charge in [-0.25, -0.2) is 8.78 Å². The van der Waals surface area contributed by atoms with Gasteiger partial charge in [0.15, 0.2) is 11.5 Å². The van der Waals surface area contributed by atoms with Crippen molar-refractivity contribution in [2.75, 3.05) is 32.8 Å². The highest BCUT2D eigenvalue weighted by atomic mass is 35.5. The largest absolute Gasteiger partial charge is 0.507 e. The van der Waals surface area contributed by atoms with Gasteiger partial charge in [-0.2, -0.15) is 0 Å². The number of rotatable bonds is 8. The predicted molar refractivity (Wildman–Crippen MR) is 140 cm³/mol. The summed E-state index contributed by atoms with van der Waals surface area (Å²) in [5.74, 6) is -3.88. The van der Waals surface area contributed by atoms with E-state index in [0.29, 0.717) is 5.75 Å². The minimum Gasteiger partial charge on any atom is -0.507 e. The van der Waals surface area contributed by atoms with Gasteiger partial charge in [-0.05, 0) is 42.8 Å². The van der Waals surface area contributed by atoms with Crippen molar-refractivity contribution in [1.82, 2.24) is 0 Å². The number of hydrogen-bond acceptors (Lipinski definition) is 7. The van der Waals surface area contributed by atoms with Crippen LogP contribution >= 0.6 is 11.6 Å². The molecule has 0 bridgehead atoms. The number of hydrogen-bond donors (Lipinski definition) is 1. The van der Waals surface area contributed by atoms with Crippen molar-refractivity contribution in [3.05, 3.63) is 81.9 Å². The van der Waals surface area contributed by atoms with Gasteiger partial charge in [-0.1, -0.05) is 17.7 Å². The van der Waals surface area contributed by atoms with E-state index in [0.717, 1.165) is 23.1 Å². The van der Waals surface area contributed by atoms with E-state index in [1.807, 2.05) is 0 Å². The zero-order valence-electron chi connectivity index (χ0n) is 21.4. The highest BCUT2D eigenvalue weighted by Crippen LogP contribution is 2.46. The lowest BCUT2D eigenvalue weighted by atomic mass is 9.94. The number of nitrogens with zero attached hydrogens (tertiary/aromatic N) is 1. The van der Waals surface area contributed by atoms with Crippen LogP contribution in [0, 0.1) is 11.6 Å². The summed E-state index contributed by atoms with van der Waals surface area (Å²) in [6.45, 7) is 2.01. The number of ketones is 1. The molecule has 3 aromatic rings. The summed E-state index contributed by atoms with van der Waals surface area (Å²) in [5.41, 5.74) is -0.655. The number of benzene rings is 3. The molecule has 0 aromatic heterocycles. The van der Waals surface area contributed by atoms with Crippen molar-refractivity contribution in [1.29, 1.82) is 0 Å². The number of anilines is 1. The monoisotopic (exact) mass is 559 g/mol. The second-order valence-corrected chi connectivity index (χ2v) is 8.70. The Bertz CT molecular complexity index is 1490. The third-order valence-corrected chi connectivity index (χ3v) is 6.44. The van der Waals surface area contributed by atoms with Crippen LogP contribution in [0.5, 0.6) is 23.0 Å². The molecule has 11 heteroatoms. The Balaban J connectivity index is 2.05. The molecule has 0 radical (unpaired) electrons. The van der Waals surface area contributed by atoms with Gasteiger partial charge in [0.05, 0.1) is 55.8 Å². The van der Waals surface area contributed by atoms with Crippen LogP contribution in [0.3, 0.4) is 0 Å². The number of methoxy groups -OCH3 is 3. The van der Waals surface area contributed by atoms with E-state index in [1.54, 1.807) is 6.92 Å². The zero-order chi connectivity index (χ0) is 28.4. The lowest BCUT2D eigenvalue weighted by molar-refractivity contribution is -0.132. The van der Waals surface area contributed by atoms with Gasteiger partial charge >= 0.3 is 0 Å². The molecule has 8 nitrogen and oxygen atoms in total. The topological polar surface area (TPSA) is 94.5 Å². The predicted octanol–water partition coefficient (Wildman–Crippen LogP) is 5.67. The Hall–Kier alpha value is -4.31. The van der Waals surface area contributed by atoms with Crippen molar-refractivity contribution in [3.8, 4) is 23.0 Å². The van der Waals surface area contributed by atoms with Crippen LogP contribution < -0.4 is 23.8 Å². The third-order valence-electron chi connectivity index (χ3n) is 6.14. The fourth-order valence-electron chi connectivity index (χ4n) is 4.39. The summed E-state index contributed by atoms with van der Waals surface area (Å²) in [6.07, 6.45) is 0. The van der Waals surface area contributed by atoms with Crippen LogP contribution in [0.4, 0.5) is 14.5 Å². The number of ether oxygens (including phenoxy) is 4. The summed E-state index contributed by atoms with van der Waals surface area (Å²) in [5, 5.41) is 11.7. The molecule has 1 heterocycles. The molecule has 4 rings (SSSR count). The molecule has 1 saturated heterocycles. The number of carbonyl (C=O) groups excluding carboxylic acids is 2. The smallest absolute Gasteiger partial charge is 0.300 e. The first-order valence-corrected chi connectivity index (χ1v) is 12.0. The van der Waals surface area contributed by atoms with E-state index in [2.05, 4.69) is 0 Å². The normalized spacial score (nSPS) is 16.4. The maximum absolute atomic E-state index is 15.0. The second-order valence-electron chi connectivity index (χ2n) is 8.30. The Kier molecular flexibility index (Phi) is 7.96. The lowest BCUT2D eigenvalue weighted by Crippen LogP contribution is -2.30. The Morgan fingerprint density at radius 2 is 1.62 bits per heavy atom. The molecule has 1 aliphatic rings. The van der Waals surface area contributed by atoms with Crippen LogP contribution in [0.25, 0.3) is 5.76 Å². The average Bonchev–Trinajstić information content (AvgIpc) is 3.19. The number of amides is 1. The number of halogens is 3. The van der Waals surface area contributed by atoms with E-state index < -0.39 is 46.4 Å². The van der Waals surface area contributed by atoms with E-state index in [-0.39, 0.29) is 40.0 Å². The van der Waals surface area contributed by atoms with Gasteiger partial charge in [0, 0.05) is 12.1 Å². The highest BCUT2D eigenvalue weighted by molar-refractivity contribution is 6.51. The molecule has 0 saturated carbocycles. The highest BCUT2D eigenvalue weighted by Gasteiger charge is 2.48. The Morgan fingerprint density at radius 3 is 2.26 bits per heavy atom. The van der Waals surface area contributed by atoms with Crippen molar-refractivity contribution in [2.24, 2.45) is 0 Å². The van der Waals surface area contributed by atoms with Crippen LogP contribution in [0.15, 0.2) is 54.1 Å². The minimum atomic E-state index is -1.39. The first kappa shape index (κ1) is 27.7. The minimum absolute atomic E-state index is 0.0139. The molecule has 1 aliphatic heterocycles. The quantitative estimate of drug-likeness (QED) is 0.216. The Morgan fingerprint density at radius 1 is 0.923 bits per heavy atom. The molecule has 204 valence electrons. The van der Waals surface area contributed by atoms with Crippen LogP contribution in [-0.4, -0.2) is 44.7 Å². The van der Waals surface area contributed by atoms with Crippen molar-refractivity contribution in [2.45, 2.75) is 13.0 Å². The number of carbonyl (C=O) groups is 2. The van der Waals surface area contributed by atoms with E-state index in [9.17, 15) is 23.5 Å². The summed E-state index contributed by atoms with van der Waals surface area (Å²) in [4.78, 5) is 27.6. The standard InChI is InChI=1S/C28H24ClF2NO7/c1-5-39-23-10-14(6-9-20(23)36-2)25-24(26(33)16-12-22(38-4)17(29)13-21(16)37-3)27(34)28(35)32(25)19-11-15(30)7-8-18(19)31/h6-13,25,33H,5H2,1-4H3/b26-24+. The molecule has 3 aromatic carbocycles.